The second-order valence-electron chi connectivity index (χ2n) is 5.71. The Hall–Kier alpha value is -3.16. The summed E-state index contributed by atoms with van der Waals surface area (Å²) in [6, 6.07) is 9.42. The molecular formula is C18H12F3N3O2. The molecule has 0 bridgehead atoms. The first-order valence-corrected chi connectivity index (χ1v) is 7.85. The van der Waals surface area contributed by atoms with Crippen LogP contribution >= 0.6 is 0 Å². The largest absolute Gasteiger partial charge is 0.430 e. The van der Waals surface area contributed by atoms with Crippen LogP contribution in [0, 0.1) is 0 Å². The van der Waals surface area contributed by atoms with Crippen molar-refractivity contribution in [2.24, 2.45) is 0 Å². The fourth-order valence-electron chi connectivity index (χ4n) is 2.87. The van der Waals surface area contributed by atoms with E-state index >= 15 is 0 Å². The highest BCUT2D eigenvalue weighted by Crippen LogP contribution is 2.39. The highest BCUT2D eigenvalue weighted by Gasteiger charge is 2.36. The number of halogens is 3. The fraction of sp³-hybridized carbons (Fsp3) is 0.167. The minimum Gasteiger partial charge on any atom is -0.430 e. The number of furan rings is 1. The second kappa shape index (κ2) is 5.69. The predicted molar refractivity (Wildman–Crippen MR) is 89.7 cm³/mol. The van der Waals surface area contributed by atoms with Gasteiger partial charge >= 0.3 is 6.18 Å². The van der Waals surface area contributed by atoms with Crippen LogP contribution in [0.4, 0.5) is 13.2 Å². The van der Waals surface area contributed by atoms with E-state index in [9.17, 15) is 18.0 Å². The summed E-state index contributed by atoms with van der Waals surface area (Å²) in [6.45, 7) is 2.05. The molecule has 0 N–H and O–H groups in total. The summed E-state index contributed by atoms with van der Waals surface area (Å²) in [5.41, 5.74) is -1.46. The summed E-state index contributed by atoms with van der Waals surface area (Å²) < 4.78 is 47.7. The maximum Gasteiger partial charge on any atom is 0.417 e. The molecule has 8 heteroatoms. The molecule has 0 atom stereocenters. The Morgan fingerprint density at radius 3 is 2.58 bits per heavy atom. The summed E-state index contributed by atoms with van der Waals surface area (Å²) in [5, 5.41) is -0.299. The minimum absolute atomic E-state index is 0.111. The number of rotatable bonds is 2. The normalized spacial score (nSPS) is 12.2. The van der Waals surface area contributed by atoms with Crippen LogP contribution in [0.15, 0.2) is 51.9 Å². The van der Waals surface area contributed by atoms with E-state index in [4.69, 9.17) is 4.42 Å². The van der Waals surface area contributed by atoms with Gasteiger partial charge in [0.05, 0.1) is 23.0 Å². The van der Waals surface area contributed by atoms with Crippen molar-refractivity contribution in [2.75, 3.05) is 0 Å². The molecule has 0 saturated heterocycles. The van der Waals surface area contributed by atoms with Crippen LogP contribution in [-0.4, -0.2) is 14.5 Å². The van der Waals surface area contributed by atoms with Gasteiger partial charge in [-0.2, -0.15) is 13.2 Å². The zero-order valence-electron chi connectivity index (χ0n) is 13.5. The van der Waals surface area contributed by atoms with Crippen LogP contribution in [0.3, 0.4) is 0 Å². The minimum atomic E-state index is -4.65. The molecule has 4 rings (SSSR count). The molecule has 0 amide bonds. The van der Waals surface area contributed by atoms with E-state index < -0.39 is 17.3 Å². The number of alkyl halides is 3. The lowest BCUT2D eigenvalue weighted by molar-refractivity contribution is -0.136. The van der Waals surface area contributed by atoms with Gasteiger partial charge in [-0.05, 0) is 13.0 Å². The maximum absolute atomic E-state index is 13.7. The Morgan fingerprint density at radius 1 is 1.19 bits per heavy atom. The zero-order chi connectivity index (χ0) is 18.5. The third kappa shape index (κ3) is 2.45. The molecule has 1 aromatic carbocycles. The molecule has 26 heavy (non-hydrogen) atoms. The molecule has 0 radical (unpaired) electrons. The lowest BCUT2D eigenvalue weighted by Gasteiger charge is -2.10. The molecule has 4 aromatic rings. The molecule has 0 aliphatic heterocycles. The van der Waals surface area contributed by atoms with Crippen LogP contribution in [0.25, 0.3) is 33.5 Å². The van der Waals surface area contributed by atoms with E-state index in [0.29, 0.717) is 12.1 Å². The maximum atomic E-state index is 13.7. The first-order valence-electron chi connectivity index (χ1n) is 7.85. The number of nitrogens with zero attached hydrogens (tertiary/aromatic N) is 3. The average Bonchev–Trinajstić information content (AvgIpc) is 3.00. The van der Waals surface area contributed by atoms with Gasteiger partial charge in [-0.1, -0.05) is 30.3 Å². The molecule has 3 aromatic heterocycles. The molecular weight excluding hydrogens is 347 g/mol. The van der Waals surface area contributed by atoms with Gasteiger partial charge in [0.25, 0.3) is 5.56 Å². The van der Waals surface area contributed by atoms with Crippen molar-refractivity contribution in [3.63, 3.8) is 0 Å². The van der Waals surface area contributed by atoms with E-state index in [0.717, 1.165) is 6.07 Å². The van der Waals surface area contributed by atoms with Crippen LogP contribution in [0.5, 0.6) is 0 Å². The van der Waals surface area contributed by atoms with Crippen molar-refractivity contribution < 1.29 is 17.6 Å². The van der Waals surface area contributed by atoms with Gasteiger partial charge in [0.2, 0.25) is 11.3 Å². The molecule has 0 unspecified atom stereocenters. The van der Waals surface area contributed by atoms with Crippen molar-refractivity contribution in [3.05, 3.63) is 58.6 Å². The van der Waals surface area contributed by atoms with Crippen LogP contribution in [0.2, 0.25) is 0 Å². The standard InChI is InChI=1S/C18H12F3N3O2/c1-2-24-9-22-14-13-11(18(19,20)21)8-12(10-6-4-3-5-7-10)23-16(13)26-15(14)17(24)25/h3-9H,2H2,1H3. The number of pyridine rings is 1. The number of benzene rings is 1. The Bertz CT molecular complexity index is 1180. The van der Waals surface area contributed by atoms with Gasteiger partial charge < -0.3 is 4.42 Å². The lowest BCUT2D eigenvalue weighted by atomic mass is 10.1. The number of hydrogen-bond acceptors (Lipinski definition) is 4. The Morgan fingerprint density at radius 2 is 1.92 bits per heavy atom. The molecule has 5 nitrogen and oxygen atoms in total. The molecule has 0 spiro atoms. The van der Waals surface area contributed by atoms with E-state index in [2.05, 4.69) is 9.97 Å². The predicted octanol–water partition coefficient (Wildman–Crippen LogP) is 4.24. The molecule has 0 aliphatic carbocycles. The van der Waals surface area contributed by atoms with Crippen molar-refractivity contribution in [3.8, 4) is 11.3 Å². The van der Waals surface area contributed by atoms with Crippen molar-refractivity contribution in [2.45, 2.75) is 19.6 Å². The van der Waals surface area contributed by atoms with Gasteiger partial charge in [0.1, 0.15) is 5.52 Å². The molecule has 0 saturated carbocycles. The van der Waals surface area contributed by atoms with E-state index in [1.807, 2.05) is 0 Å². The fourth-order valence-corrected chi connectivity index (χ4v) is 2.87. The van der Waals surface area contributed by atoms with Crippen molar-refractivity contribution >= 4 is 22.2 Å². The first-order chi connectivity index (χ1) is 12.4. The third-order valence-corrected chi connectivity index (χ3v) is 4.13. The van der Waals surface area contributed by atoms with Crippen molar-refractivity contribution in [1.82, 2.24) is 14.5 Å². The van der Waals surface area contributed by atoms with Gasteiger partial charge in [-0.15, -0.1) is 0 Å². The van der Waals surface area contributed by atoms with Gasteiger partial charge in [-0.25, -0.2) is 9.97 Å². The number of fused-ring (bicyclic) bond motifs is 3. The summed E-state index contributed by atoms with van der Waals surface area (Å²) in [6.07, 6.45) is -3.44. The lowest BCUT2D eigenvalue weighted by Crippen LogP contribution is -2.18. The Kier molecular flexibility index (Phi) is 3.57. The third-order valence-electron chi connectivity index (χ3n) is 4.13. The number of aryl methyl sites for hydroxylation is 1. The van der Waals surface area contributed by atoms with Crippen LogP contribution < -0.4 is 5.56 Å². The Labute approximate surface area is 144 Å². The molecule has 0 fully saturated rings. The topological polar surface area (TPSA) is 60.9 Å². The van der Waals surface area contributed by atoms with Gasteiger partial charge in [-0.3, -0.25) is 9.36 Å². The van der Waals surface area contributed by atoms with Gasteiger partial charge in [0, 0.05) is 12.1 Å². The van der Waals surface area contributed by atoms with Crippen LogP contribution in [-0.2, 0) is 12.7 Å². The SMILES string of the molecule is CCn1cnc2c(oc3nc(-c4ccccc4)cc(C(F)(F)F)c32)c1=O. The van der Waals surface area contributed by atoms with E-state index in [-0.39, 0.29) is 27.9 Å². The van der Waals surface area contributed by atoms with E-state index in [1.165, 1.54) is 10.9 Å². The average molecular weight is 359 g/mol. The highest BCUT2D eigenvalue weighted by atomic mass is 19.4. The van der Waals surface area contributed by atoms with Gasteiger partial charge in [0.15, 0.2) is 0 Å². The summed E-state index contributed by atoms with van der Waals surface area (Å²) in [4.78, 5) is 20.6. The van der Waals surface area contributed by atoms with Crippen LogP contribution in [0.1, 0.15) is 12.5 Å². The highest BCUT2D eigenvalue weighted by molar-refractivity contribution is 6.03. The molecule has 132 valence electrons. The second-order valence-corrected chi connectivity index (χ2v) is 5.71. The number of hydrogen-bond donors (Lipinski definition) is 0. The smallest absolute Gasteiger partial charge is 0.417 e. The summed E-state index contributed by atoms with van der Waals surface area (Å²) >= 11 is 0. The number of aromatic nitrogens is 3. The Balaban J connectivity index is 2.14. The van der Waals surface area contributed by atoms with Crippen molar-refractivity contribution in [1.29, 1.82) is 0 Å². The molecule has 0 aliphatic rings. The quantitative estimate of drug-likeness (QED) is 0.537. The monoisotopic (exact) mass is 359 g/mol. The van der Waals surface area contributed by atoms with E-state index in [1.54, 1.807) is 37.3 Å². The molecule has 3 heterocycles. The summed E-state index contributed by atoms with van der Waals surface area (Å²) in [5.74, 6) is 0. The summed E-state index contributed by atoms with van der Waals surface area (Å²) in [7, 11) is 0. The first kappa shape index (κ1) is 16.3. The zero-order valence-corrected chi connectivity index (χ0v) is 13.5.